The van der Waals surface area contributed by atoms with Crippen molar-refractivity contribution in [2.75, 3.05) is 36.1 Å². The van der Waals surface area contributed by atoms with Crippen LogP contribution in [0.15, 0.2) is 88.1 Å². The van der Waals surface area contributed by atoms with Gasteiger partial charge in [0, 0.05) is 87.7 Å². The number of aromatic hydroxyl groups is 3. The summed E-state index contributed by atoms with van der Waals surface area (Å²) in [6, 6.07) is 22.0. The van der Waals surface area contributed by atoms with Crippen LogP contribution in [-0.2, 0) is 10.8 Å². The smallest absolute Gasteiger partial charge is 0.217 e. The SMILES string of the molecule is C.CC1N(CCO)c2ccc(O)cc2C1(C)C.Cc1cc(C)c(-c2c3cc(F)c(=O)cc-3oc3cc4c(cc23)C(C)(C)C(C)N4CCO)c(C)c1C.Cc1cc(C)c(C=O)cc1C.Oc1ccc(F)c(O)c1. The second-order valence-electron chi connectivity index (χ2n) is 20.1. The number of hydrogen-bond donors (Lipinski definition) is 5. The van der Waals surface area contributed by atoms with Crippen LogP contribution in [0.25, 0.3) is 33.4 Å². The number of aliphatic hydroxyl groups excluding tert-OH is 2. The zero-order chi connectivity index (χ0) is 52.6. The van der Waals surface area contributed by atoms with E-state index in [0.29, 0.717) is 41.8 Å². The molecule has 0 saturated heterocycles. The zero-order valence-electron chi connectivity index (χ0n) is 43.2. The quantitative estimate of drug-likeness (QED) is 0.0803. The maximum absolute atomic E-state index is 14.6. The highest BCUT2D eigenvalue weighted by molar-refractivity contribution is 6.05. The second kappa shape index (κ2) is 21.9. The monoisotopic (exact) mass is 987 g/mol. The molecular formula is C60H72F2N2O8. The largest absolute Gasteiger partial charge is 0.508 e. The molecular weight excluding hydrogens is 915 g/mol. The van der Waals surface area contributed by atoms with Gasteiger partial charge in [-0.2, -0.15) is 0 Å². The number of nitrogens with zero attached hydrogens (tertiary/aromatic N) is 2. The van der Waals surface area contributed by atoms with Gasteiger partial charge in [-0.25, -0.2) is 8.78 Å². The van der Waals surface area contributed by atoms with Gasteiger partial charge >= 0.3 is 0 Å². The summed E-state index contributed by atoms with van der Waals surface area (Å²) in [5, 5.41) is 46.5. The third kappa shape index (κ3) is 10.7. The molecule has 5 aromatic rings. The van der Waals surface area contributed by atoms with E-state index in [1.54, 1.807) is 6.07 Å². The first kappa shape index (κ1) is 56.2. The number of fused-ring (bicyclic) bond motifs is 4. The van der Waals surface area contributed by atoms with Crippen molar-refractivity contribution in [3.8, 4) is 39.7 Å². The van der Waals surface area contributed by atoms with Crippen molar-refractivity contribution in [1.82, 2.24) is 0 Å². The number of halogens is 2. The predicted molar refractivity (Wildman–Crippen MR) is 288 cm³/mol. The first-order valence-electron chi connectivity index (χ1n) is 23.9. The Morgan fingerprint density at radius 2 is 1.15 bits per heavy atom. The van der Waals surface area contributed by atoms with E-state index in [-0.39, 0.29) is 43.3 Å². The van der Waals surface area contributed by atoms with Crippen molar-refractivity contribution in [1.29, 1.82) is 0 Å². The molecule has 1 aliphatic carbocycles. The fourth-order valence-electron chi connectivity index (χ4n) is 10.0. The summed E-state index contributed by atoms with van der Waals surface area (Å²) in [6.07, 6.45) is 0.905. The van der Waals surface area contributed by atoms with Crippen LogP contribution in [0, 0.1) is 60.1 Å². The summed E-state index contributed by atoms with van der Waals surface area (Å²) in [5.41, 5.74) is 15.7. The number of β-amino-alcohol motifs (C(OH)–C–C–N with tert-alkyl or cyclic N) is 2. The van der Waals surface area contributed by atoms with Crippen LogP contribution in [0.3, 0.4) is 0 Å². The number of benzene rings is 6. The molecule has 2 unspecified atom stereocenters. The number of hydrogen-bond acceptors (Lipinski definition) is 10. The average molecular weight is 987 g/mol. The minimum atomic E-state index is -0.781. The van der Waals surface area contributed by atoms with E-state index >= 15 is 0 Å². The fraction of sp³-hybridized carbons (Fsp3) is 0.367. The molecule has 12 heteroatoms. The Morgan fingerprint density at radius 3 is 1.72 bits per heavy atom. The number of aliphatic hydroxyl groups is 2. The third-order valence-corrected chi connectivity index (χ3v) is 15.1. The maximum Gasteiger partial charge on any atom is 0.217 e. The van der Waals surface area contributed by atoms with Gasteiger partial charge in [0.2, 0.25) is 5.43 Å². The van der Waals surface area contributed by atoms with E-state index < -0.39 is 22.8 Å². The molecule has 0 saturated carbocycles. The van der Waals surface area contributed by atoms with Gasteiger partial charge in [0.15, 0.2) is 17.4 Å². The molecule has 72 heavy (non-hydrogen) atoms. The number of rotatable bonds is 6. The number of phenolic OH excluding ortho intramolecular Hbond substituents is 3. The zero-order valence-corrected chi connectivity index (χ0v) is 43.2. The lowest BCUT2D eigenvalue weighted by molar-refractivity contribution is 0.112. The second-order valence-corrected chi connectivity index (χ2v) is 20.1. The topological polar surface area (TPSA) is 155 Å². The molecule has 9 rings (SSSR count). The minimum absolute atomic E-state index is 0. The molecule has 384 valence electrons. The van der Waals surface area contributed by atoms with Gasteiger partial charge in [0.05, 0.1) is 13.2 Å². The predicted octanol–water partition coefficient (Wildman–Crippen LogP) is 12.6. The van der Waals surface area contributed by atoms with E-state index in [4.69, 9.17) is 19.7 Å². The van der Waals surface area contributed by atoms with Crippen LogP contribution in [-0.4, -0.2) is 70.2 Å². The van der Waals surface area contributed by atoms with Gasteiger partial charge in [0.1, 0.15) is 29.1 Å². The molecule has 5 aromatic carbocycles. The fourth-order valence-corrected chi connectivity index (χ4v) is 10.0. The van der Waals surface area contributed by atoms with E-state index in [0.717, 1.165) is 80.2 Å². The summed E-state index contributed by atoms with van der Waals surface area (Å²) in [6.45, 7) is 28.9. The lowest BCUT2D eigenvalue weighted by atomic mass is 9.79. The van der Waals surface area contributed by atoms with E-state index in [9.17, 15) is 28.6 Å². The molecule has 4 aliphatic rings. The van der Waals surface area contributed by atoms with Crippen molar-refractivity contribution in [3.63, 3.8) is 0 Å². The third-order valence-electron chi connectivity index (χ3n) is 15.1. The number of aryl methyl sites for hydroxylation is 5. The highest BCUT2D eigenvalue weighted by atomic mass is 19.1. The summed E-state index contributed by atoms with van der Waals surface area (Å²) >= 11 is 0. The first-order valence-corrected chi connectivity index (χ1v) is 23.9. The average Bonchev–Trinajstić information content (AvgIpc) is 3.61. The van der Waals surface area contributed by atoms with Gasteiger partial charge < -0.3 is 39.7 Å². The Balaban J connectivity index is 0.000000213. The molecule has 3 aliphatic heterocycles. The van der Waals surface area contributed by atoms with Crippen LogP contribution in [0.4, 0.5) is 20.2 Å². The molecule has 2 atom stereocenters. The lowest BCUT2D eigenvalue weighted by Crippen LogP contribution is -2.40. The summed E-state index contributed by atoms with van der Waals surface area (Å²) in [4.78, 5) is 27.1. The van der Waals surface area contributed by atoms with Gasteiger partial charge in [-0.15, -0.1) is 0 Å². The molecule has 10 nitrogen and oxygen atoms in total. The molecule has 0 amide bonds. The highest BCUT2D eigenvalue weighted by Crippen LogP contribution is 2.51. The van der Waals surface area contributed by atoms with Crippen LogP contribution in [0.2, 0.25) is 0 Å². The van der Waals surface area contributed by atoms with Crippen molar-refractivity contribution in [2.24, 2.45) is 0 Å². The van der Waals surface area contributed by atoms with Crippen molar-refractivity contribution in [2.45, 2.75) is 120 Å². The lowest BCUT2D eigenvalue weighted by Gasteiger charge is -2.31. The van der Waals surface area contributed by atoms with Crippen LogP contribution in [0.1, 0.15) is 109 Å². The van der Waals surface area contributed by atoms with Gasteiger partial charge in [-0.1, -0.05) is 47.3 Å². The highest BCUT2D eigenvalue weighted by Gasteiger charge is 2.43. The summed E-state index contributed by atoms with van der Waals surface area (Å²) < 4.78 is 33.0. The Bertz CT molecular complexity index is 3160. The number of anilines is 2. The summed E-state index contributed by atoms with van der Waals surface area (Å²) in [7, 11) is 0. The Morgan fingerprint density at radius 1 is 0.611 bits per heavy atom. The number of phenols is 3. The number of aldehydes is 1. The molecule has 0 radical (unpaired) electrons. The molecule has 0 aromatic heterocycles. The van der Waals surface area contributed by atoms with Crippen LogP contribution >= 0.6 is 0 Å². The van der Waals surface area contributed by atoms with Gasteiger partial charge in [-0.05, 0) is 166 Å². The normalized spacial score (nSPS) is 15.8. The van der Waals surface area contributed by atoms with E-state index in [2.05, 4.69) is 98.1 Å². The molecule has 5 N–H and O–H groups in total. The van der Waals surface area contributed by atoms with Gasteiger partial charge in [0.25, 0.3) is 0 Å². The van der Waals surface area contributed by atoms with Crippen molar-refractivity contribution < 1.29 is 43.5 Å². The van der Waals surface area contributed by atoms with Crippen molar-refractivity contribution in [3.05, 3.63) is 156 Å². The number of carbonyl (C=O) groups excluding carboxylic acids is 1. The molecule has 0 fully saturated rings. The number of carbonyl (C=O) groups is 1. The summed E-state index contributed by atoms with van der Waals surface area (Å²) in [5.74, 6) is -1.51. The Hall–Kier alpha value is -6.76. The molecule has 0 spiro atoms. The molecule has 3 heterocycles. The molecule has 0 bridgehead atoms. The standard InChI is InChI=1S/C30H32FNO3.C13H19NO2.C10H12O.C6H5FO2.CH4/c1-15-10-16(2)28(18(4)17(15)3)29-20-11-22-24(32(8-9-33)19(5)30(22,6)7)13-26(20)35-27-14-25(34)23(31)12-21(27)29;1-9-13(2,3)11-8-10(16)4-5-12(11)14(9)6-7-15;1-7-4-9(3)10(6-11)5-8(7)2;7-5-2-1-4(8)3-6(5)9;/h10-14,19,33H,8-9H2,1-7H3;4-5,8-9,15-16H,6-7H2,1-3H3;4-6H,1-3H3;1-3,8-9H;1H4. The van der Waals surface area contributed by atoms with E-state index in [1.165, 1.54) is 39.9 Å². The van der Waals surface area contributed by atoms with Crippen molar-refractivity contribution >= 4 is 28.6 Å². The van der Waals surface area contributed by atoms with Crippen LogP contribution in [0.5, 0.6) is 17.2 Å². The Labute approximate surface area is 423 Å². The maximum atomic E-state index is 14.6. The van der Waals surface area contributed by atoms with E-state index in [1.807, 2.05) is 44.2 Å². The first-order chi connectivity index (χ1) is 33.3. The Kier molecular flexibility index (Phi) is 17.1. The van der Waals surface area contributed by atoms with Gasteiger partial charge in [-0.3, -0.25) is 9.59 Å². The minimum Gasteiger partial charge on any atom is -0.508 e. The van der Waals surface area contributed by atoms with Crippen LogP contribution < -0.4 is 15.2 Å².